The van der Waals surface area contributed by atoms with Crippen LogP contribution in [-0.2, 0) is 0 Å². The van der Waals surface area contributed by atoms with Gasteiger partial charge in [-0.2, -0.15) is 0 Å². The number of benzene rings is 1. The SMILES string of the molecule is CCNC(=O)N1CCSc2ccc(N)cc21. The molecule has 16 heavy (non-hydrogen) atoms. The number of carbonyl (C=O) groups is 1. The van der Waals surface area contributed by atoms with Crippen molar-refractivity contribution >= 4 is 29.2 Å². The highest BCUT2D eigenvalue weighted by Gasteiger charge is 2.22. The van der Waals surface area contributed by atoms with Gasteiger partial charge in [-0.05, 0) is 25.1 Å². The molecule has 2 rings (SSSR count). The van der Waals surface area contributed by atoms with Crippen LogP contribution in [-0.4, -0.2) is 24.9 Å². The first-order chi connectivity index (χ1) is 7.72. The van der Waals surface area contributed by atoms with Crippen LogP contribution in [0.25, 0.3) is 0 Å². The maximum absolute atomic E-state index is 11.8. The minimum atomic E-state index is -0.0466. The lowest BCUT2D eigenvalue weighted by Crippen LogP contribution is -2.42. The molecule has 1 aliphatic rings. The zero-order chi connectivity index (χ0) is 11.5. The van der Waals surface area contributed by atoms with Gasteiger partial charge in [-0.1, -0.05) is 0 Å². The topological polar surface area (TPSA) is 58.4 Å². The number of rotatable bonds is 1. The summed E-state index contributed by atoms with van der Waals surface area (Å²) in [4.78, 5) is 14.7. The second kappa shape index (κ2) is 4.65. The van der Waals surface area contributed by atoms with E-state index in [9.17, 15) is 4.79 Å². The normalized spacial score (nSPS) is 14.4. The van der Waals surface area contributed by atoms with Gasteiger partial charge in [0.05, 0.1) is 5.69 Å². The number of amides is 2. The van der Waals surface area contributed by atoms with Crippen LogP contribution in [0.5, 0.6) is 0 Å². The van der Waals surface area contributed by atoms with Gasteiger partial charge in [0.1, 0.15) is 0 Å². The molecule has 4 nitrogen and oxygen atoms in total. The van der Waals surface area contributed by atoms with E-state index in [4.69, 9.17) is 5.73 Å². The van der Waals surface area contributed by atoms with Crippen LogP contribution in [0.4, 0.5) is 16.2 Å². The Kier molecular flexibility index (Phi) is 3.24. The molecule has 0 bridgehead atoms. The van der Waals surface area contributed by atoms with Gasteiger partial charge in [0, 0.05) is 29.4 Å². The molecule has 0 fully saturated rings. The van der Waals surface area contributed by atoms with Gasteiger partial charge in [-0.15, -0.1) is 11.8 Å². The maximum Gasteiger partial charge on any atom is 0.321 e. The molecule has 0 saturated carbocycles. The fourth-order valence-electron chi connectivity index (χ4n) is 1.69. The number of carbonyl (C=O) groups excluding carboxylic acids is 1. The smallest absolute Gasteiger partial charge is 0.321 e. The number of hydrogen-bond donors (Lipinski definition) is 2. The molecular weight excluding hydrogens is 222 g/mol. The number of nitrogens with one attached hydrogen (secondary N) is 1. The van der Waals surface area contributed by atoms with E-state index < -0.39 is 0 Å². The molecule has 0 atom stereocenters. The van der Waals surface area contributed by atoms with Crippen molar-refractivity contribution in [2.24, 2.45) is 0 Å². The Morgan fingerprint density at radius 1 is 1.62 bits per heavy atom. The minimum absolute atomic E-state index is 0.0466. The van der Waals surface area contributed by atoms with Crippen LogP contribution >= 0.6 is 11.8 Å². The average molecular weight is 237 g/mol. The van der Waals surface area contributed by atoms with Gasteiger partial charge in [0.15, 0.2) is 0 Å². The Hall–Kier alpha value is -1.36. The van der Waals surface area contributed by atoms with E-state index in [1.54, 1.807) is 16.7 Å². The molecule has 0 saturated heterocycles. The highest BCUT2D eigenvalue weighted by molar-refractivity contribution is 7.99. The summed E-state index contributed by atoms with van der Waals surface area (Å²) in [7, 11) is 0. The molecular formula is C11H15N3OS. The van der Waals surface area contributed by atoms with Crippen molar-refractivity contribution in [3.63, 3.8) is 0 Å². The summed E-state index contributed by atoms with van der Waals surface area (Å²) in [5, 5.41) is 2.81. The summed E-state index contributed by atoms with van der Waals surface area (Å²) in [6.07, 6.45) is 0. The van der Waals surface area contributed by atoms with E-state index >= 15 is 0 Å². The molecule has 86 valence electrons. The van der Waals surface area contributed by atoms with Crippen LogP contribution < -0.4 is 16.0 Å². The van der Waals surface area contributed by atoms with Crippen LogP contribution in [0.1, 0.15) is 6.92 Å². The number of nitrogens with two attached hydrogens (primary N) is 1. The van der Waals surface area contributed by atoms with Crippen molar-refractivity contribution in [2.75, 3.05) is 29.5 Å². The third-order valence-electron chi connectivity index (χ3n) is 2.42. The fourth-order valence-corrected chi connectivity index (χ4v) is 2.67. The Morgan fingerprint density at radius 2 is 2.44 bits per heavy atom. The molecule has 0 unspecified atom stereocenters. The maximum atomic E-state index is 11.8. The molecule has 2 amide bonds. The summed E-state index contributed by atoms with van der Waals surface area (Å²) < 4.78 is 0. The highest BCUT2D eigenvalue weighted by Crippen LogP contribution is 2.35. The van der Waals surface area contributed by atoms with Gasteiger partial charge >= 0.3 is 6.03 Å². The number of anilines is 2. The Morgan fingerprint density at radius 3 is 3.19 bits per heavy atom. The lowest BCUT2D eigenvalue weighted by molar-refractivity contribution is 0.247. The quantitative estimate of drug-likeness (QED) is 0.734. The molecule has 1 aromatic rings. The second-order valence-electron chi connectivity index (χ2n) is 3.56. The van der Waals surface area contributed by atoms with Crippen molar-refractivity contribution < 1.29 is 4.79 Å². The zero-order valence-electron chi connectivity index (χ0n) is 9.19. The molecule has 0 spiro atoms. The first kappa shape index (κ1) is 11.1. The highest BCUT2D eigenvalue weighted by atomic mass is 32.2. The molecule has 1 aromatic carbocycles. The standard InChI is InChI=1S/C11H15N3OS/c1-2-13-11(15)14-5-6-16-10-4-3-8(12)7-9(10)14/h3-4,7H,2,5-6,12H2,1H3,(H,13,15). The Balaban J connectivity index is 2.31. The van der Waals surface area contributed by atoms with Crippen LogP contribution in [0.2, 0.25) is 0 Å². The van der Waals surface area contributed by atoms with Gasteiger partial charge in [0.2, 0.25) is 0 Å². The monoisotopic (exact) mass is 237 g/mol. The number of hydrogen-bond acceptors (Lipinski definition) is 3. The first-order valence-electron chi connectivity index (χ1n) is 5.30. The summed E-state index contributed by atoms with van der Waals surface area (Å²) in [5.41, 5.74) is 7.36. The second-order valence-corrected chi connectivity index (χ2v) is 4.70. The number of thioether (sulfide) groups is 1. The number of fused-ring (bicyclic) bond motifs is 1. The van der Waals surface area contributed by atoms with Crippen LogP contribution in [0, 0.1) is 0 Å². The summed E-state index contributed by atoms with van der Waals surface area (Å²) in [5.74, 6) is 0.925. The number of urea groups is 1. The third-order valence-corrected chi connectivity index (χ3v) is 3.46. The van der Waals surface area contributed by atoms with Crippen molar-refractivity contribution in [1.29, 1.82) is 0 Å². The van der Waals surface area contributed by atoms with Gasteiger partial charge in [-0.3, -0.25) is 4.90 Å². The van der Waals surface area contributed by atoms with E-state index in [-0.39, 0.29) is 6.03 Å². The van der Waals surface area contributed by atoms with Crippen molar-refractivity contribution in [3.05, 3.63) is 18.2 Å². The van der Waals surface area contributed by atoms with Crippen molar-refractivity contribution in [1.82, 2.24) is 5.32 Å². The lowest BCUT2D eigenvalue weighted by Gasteiger charge is -2.29. The third kappa shape index (κ3) is 2.09. The number of nitrogens with zero attached hydrogens (tertiary/aromatic N) is 1. The number of nitrogen functional groups attached to an aromatic ring is 1. The fraction of sp³-hybridized carbons (Fsp3) is 0.364. The van der Waals surface area contributed by atoms with Crippen molar-refractivity contribution in [2.45, 2.75) is 11.8 Å². The Bertz CT molecular complexity index is 408. The van der Waals surface area contributed by atoms with Gasteiger partial charge in [0.25, 0.3) is 0 Å². The Labute approximate surface area is 99.2 Å². The summed E-state index contributed by atoms with van der Waals surface area (Å²) in [6, 6.07) is 5.65. The minimum Gasteiger partial charge on any atom is -0.399 e. The van der Waals surface area contributed by atoms with Gasteiger partial charge in [-0.25, -0.2) is 4.79 Å². The van der Waals surface area contributed by atoms with Crippen molar-refractivity contribution in [3.8, 4) is 0 Å². The van der Waals surface area contributed by atoms with E-state index in [1.807, 2.05) is 25.1 Å². The van der Waals surface area contributed by atoms with Crippen LogP contribution in [0.3, 0.4) is 0 Å². The van der Waals surface area contributed by atoms with E-state index in [0.717, 1.165) is 22.9 Å². The molecule has 5 heteroatoms. The molecule has 0 aromatic heterocycles. The first-order valence-corrected chi connectivity index (χ1v) is 6.28. The molecule has 1 aliphatic heterocycles. The van der Waals surface area contributed by atoms with E-state index in [2.05, 4.69) is 5.32 Å². The predicted molar refractivity (Wildman–Crippen MR) is 68.0 cm³/mol. The van der Waals surface area contributed by atoms with E-state index in [1.165, 1.54) is 0 Å². The molecule has 0 aliphatic carbocycles. The van der Waals surface area contributed by atoms with Gasteiger partial charge < -0.3 is 11.1 Å². The lowest BCUT2D eigenvalue weighted by atomic mass is 10.2. The molecule has 1 heterocycles. The zero-order valence-corrected chi connectivity index (χ0v) is 10.0. The largest absolute Gasteiger partial charge is 0.399 e. The van der Waals surface area contributed by atoms with Crippen LogP contribution in [0.15, 0.2) is 23.1 Å². The predicted octanol–water partition coefficient (Wildman–Crippen LogP) is 1.91. The van der Waals surface area contributed by atoms with E-state index in [0.29, 0.717) is 12.2 Å². The molecule has 3 N–H and O–H groups in total. The molecule has 0 radical (unpaired) electrons. The average Bonchev–Trinajstić information content (AvgIpc) is 2.28. The summed E-state index contributed by atoms with van der Waals surface area (Å²) >= 11 is 1.76. The summed E-state index contributed by atoms with van der Waals surface area (Å²) in [6.45, 7) is 3.28.